The van der Waals surface area contributed by atoms with Crippen LogP contribution < -0.4 is 5.73 Å². The summed E-state index contributed by atoms with van der Waals surface area (Å²) in [5, 5.41) is 0. The van der Waals surface area contributed by atoms with Gasteiger partial charge in [0, 0.05) is 19.1 Å². The van der Waals surface area contributed by atoms with E-state index in [9.17, 15) is 8.42 Å². The predicted molar refractivity (Wildman–Crippen MR) is 69.1 cm³/mol. The van der Waals surface area contributed by atoms with Gasteiger partial charge in [-0.25, -0.2) is 8.42 Å². The molecule has 1 atom stereocenters. The summed E-state index contributed by atoms with van der Waals surface area (Å²) in [7, 11) is -3.03. The highest BCUT2D eigenvalue weighted by atomic mass is 32.2. The van der Waals surface area contributed by atoms with Crippen molar-refractivity contribution in [2.75, 3.05) is 18.8 Å². The molecule has 5 heteroatoms. The van der Waals surface area contributed by atoms with Crippen molar-refractivity contribution in [3.8, 4) is 0 Å². The molecule has 0 bridgehead atoms. The Labute approximate surface area is 105 Å². The summed E-state index contributed by atoms with van der Waals surface area (Å²) in [5.74, 6) is 0.803. The van der Waals surface area contributed by atoms with Crippen LogP contribution in [0.25, 0.3) is 0 Å². The normalized spacial score (nSPS) is 29.0. The highest BCUT2D eigenvalue weighted by molar-refractivity contribution is 7.89. The second-order valence-electron chi connectivity index (χ2n) is 5.33. The van der Waals surface area contributed by atoms with E-state index in [0.29, 0.717) is 24.8 Å². The van der Waals surface area contributed by atoms with Crippen LogP contribution in [-0.4, -0.2) is 37.6 Å². The lowest BCUT2D eigenvalue weighted by Crippen LogP contribution is -2.51. The van der Waals surface area contributed by atoms with Gasteiger partial charge in [-0.2, -0.15) is 4.31 Å². The Morgan fingerprint density at radius 1 is 1.12 bits per heavy atom. The van der Waals surface area contributed by atoms with Gasteiger partial charge in [-0.1, -0.05) is 19.3 Å². The molecule has 17 heavy (non-hydrogen) atoms. The molecule has 100 valence electrons. The predicted octanol–water partition coefficient (Wildman–Crippen LogP) is 1.32. The molecule has 0 aromatic rings. The monoisotopic (exact) mass is 260 g/mol. The molecule has 1 aliphatic heterocycles. The van der Waals surface area contributed by atoms with Crippen LogP contribution in [0.4, 0.5) is 0 Å². The first kappa shape index (κ1) is 13.3. The lowest BCUT2D eigenvalue weighted by Gasteiger charge is -2.39. The summed E-state index contributed by atoms with van der Waals surface area (Å²) in [5.41, 5.74) is 5.85. The molecule has 4 nitrogen and oxygen atoms in total. The van der Waals surface area contributed by atoms with Crippen molar-refractivity contribution in [2.45, 2.75) is 51.0 Å². The first-order valence-corrected chi connectivity index (χ1v) is 8.45. The van der Waals surface area contributed by atoms with E-state index in [0.717, 1.165) is 25.7 Å². The summed E-state index contributed by atoms with van der Waals surface area (Å²) in [4.78, 5) is 0. The maximum absolute atomic E-state index is 12.1. The molecule has 2 N–H and O–H groups in total. The van der Waals surface area contributed by atoms with Crippen LogP contribution in [0.2, 0.25) is 0 Å². The van der Waals surface area contributed by atoms with E-state index >= 15 is 0 Å². The van der Waals surface area contributed by atoms with E-state index in [1.807, 2.05) is 0 Å². The molecule has 0 spiro atoms. The zero-order valence-electron chi connectivity index (χ0n) is 10.5. The lowest BCUT2D eigenvalue weighted by molar-refractivity contribution is 0.190. The van der Waals surface area contributed by atoms with Gasteiger partial charge in [0.15, 0.2) is 0 Å². The van der Waals surface area contributed by atoms with E-state index in [4.69, 9.17) is 5.73 Å². The average Bonchev–Trinajstić information content (AvgIpc) is 2.33. The molecule has 2 rings (SSSR count). The molecule has 1 unspecified atom stereocenters. The Bertz CT molecular complexity index is 336. The molecule has 0 amide bonds. The summed E-state index contributed by atoms with van der Waals surface area (Å²) < 4.78 is 25.9. The Morgan fingerprint density at radius 2 is 1.82 bits per heavy atom. The number of nitrogens with two attached hydrogens (primary N) is 1. The first-order chi connectivity index (χ1) is 8.15. The molecule has 1 saturated heterocycles. The highest BCUT2D eigenvalue weighted by Gasteiger charge is 2.36. The molecule has 2 fully saturated rings. The summed E-state index contributed by atoms with van der Waals surface area (Å²) in [6.07, 6.45) is 7.84. The first-order valence-electron chi connectivity index (χ1n) is 6.85. The van der Waals surface area contributed by atoms with Gasteiger partial charge in [0.25, 0.3) is 0 Å². The largest absolute Gasteiger partial charge is 0.329 e. The van der Waals surface area contributed by atoms with Crippen LogP contribution in [0.1, 0.15) is 44.9 Å². The zero-order chi connectivity index (χ0) is 12.3. The SMILES string of the molecule is NCC(C1CCCCC1)N1CCCCS1(=O)=O. The molecule has 0 aromatic carbocycles. The second kappa shape index (κ2) is 5.67. The second-order valence-corrected chi connectivity index (χ2v) is 7.38. The Balaban J connectivity index is 2.10. The average molecular weight is 260 g/mol. The number of rotatable bonds is 3. The van der Waals surface area contributed by atoms with Crippen molar-refractivity contribution in [1.29, 1.82) is 0 Å². The molecular weight excluding hydrogens is 236 g/mol. The van der Waals surface area contributed by atoms with Crippen LogP contribution >= 0.6 is 0 Å². The third-order valence-electron chi connectivity index (χ3n) is 4.19. The fourth-order valence-electron chi connectivity index (χ4n) is 3.24. The van der Waals surface area contributed by atoms with Crippen LogP contribution in [0.5, 0.6) is 0 Å². The summed E-state index contributed by atoms with van der Waals surface area (Å²) in [6, 6.07) is 0.0561. The number of hydrogen-bond donors (Lipinski definition) is 1. The fourth-order valence-corrected chi connectivity index (χ4v) is 5.13. The van der Waals surface area contributed by atoms with Crippen molar-refractivity contribution in [1.82, 2.24) is 4.31 Å². The zero-order valence-corrected chi connectivity index (χ0v) is 11.3. The minimum Gasteiger partial charge on any atom is -0.329 e. The van der Waals surface area contributed by atoms with E-state index in [1.54, 1.807) is 4.31 Å². The van der Waals surface area contributed by atoms with Gasteiger partial charge in [-0.15, -0.1) is 0 Å². The van der Waals surface area contributed by atoms with Gasteiger partial charge in [-0.05, 0) is 31.6 Å². The van der Waals surface area contributed by atoms with Crippen molar-refractivity contribution in [3.63, 3.8) is 0 Å². The maximum atomic E-state index is 12.1. The number of sulfonamides is 1. The van der Waals surface area contributed by atoms with Crippen LogP contribution in [0, 0.1) is 5.92 Å². The number of nitrogens with zero attached hydrogens (tertiary/aromatic N) is 1. The summed E-state index contributed by atoms with van der Waals surface area (Å²) >= 11 is 0. The molecule has 2 aliphatic rings. The number of hydrogen-bond acceptors (Lipinski definition) is 3. The topological polar surface area (TPSA) is 63.4 Å². The quantitative estimate of drug-likeness (QED) is 0.832. The minimum atomic E-state index is -3.03. The van der Waals surface area contributed by atoms with E-state index in [-0.39, 0.29) is 6.04 Å². The summed E-state index contributed by atoms with van der Waals surface area (Å²) in [6.45, 7) is 1.16. The van der Waals surface area contributed by atoms with E-state index < -0.39 is 10.0 Å². The smallest absolute Gasteiger partial charge is 0.214 e. The maximum Gasteiger partial charge on any atom is 0.214 e. The standard InChI is InChI=1S/C12H24N2O2S/c13-10-12(11-6-2-1-3-7-11)14-8-4-5-9-17(14,15)16/h11-12H,1-10,13H2. The van der Waals surface area contributed by atoms with Crippen molar-refractivity contribution < 1.29 is 8.42 Å². The van der Waals surface area contributed by atoms with Crippen molar-refractivity contribution in [2.24, 2.45) is 11.7 Å². The van der Waals surface area contributed by atoms with Crippen molar-refractivity contribution >= 4 is 10.0 Å². The van der Waals surface area contributed by atoms with Gasteiger partial charge in [-0.3, -0.25) is 0 Å². The molecular formula is C12H24N2O2S. The molecule has 0 radical (unpaired) electrons. The fraction of sp³-hybridized carbons (Fsp3) is 1.00. The van der Waals surface area contributed by atoms with Crippen LogP contribution in [0.3, 0.4) is 0 Å². The molecule has 1 heterocycles. The third-order valence-corrected chi connectivity index (χ3v) is 6.17. The van der Waals surface area contributed by atoms with Crippen molar-refractivity contribution in [3.05, 3.63) is 0 Å². The third kappa shape index (κ3) is 3.01. The van der Waals surface area contributed by atoms with E-state index in [2.05, 4.69) is 0 Å². The van der Waals surface area contributed by atoms with E-state index in [1.165, 1.54) is 19.3 Å². The molecule has 0 aromatic heterocycles. The Hall–Kier alpha value is -0.130. The molecule has 1 saturated carbocycles. The minimum absolute atomic E-state index is 0.0561. The van der Waals surface area contributed by atoms with Gasteiger partial charge in [0.1, 0.15) is 0 Å². The van der Waals surface area contributed by atoms with Gasteiger partial charge >= 0.3 is 0 Å². The van der Waals surface area contributed by atoms with Gasteiger partial charge < -0.3 is 5.73 Å². The van der Waals surface area contributed by atoms with Gasteiger partial charge in [0.2, 0.25) is 10.0 Å². The van der Waals surface area contributed by atoms with Crippen LogP contribution in [-0.2, 0) is 10.0 Å². The highest BCUT2D eigenvalue weighted by Crippen LogP contribution is 2.31. The Morgan fingerprint density at radius 3 is 2.41 bits per heavy atom. The molecule has 1 aliphatic carbocycles. The Kier molecular flexibility index (Phi) is 4.44. The van der Waals surface area contributed by atoms with Gasteiger partial charge in [0.05, 0.1) is 5.75 Å². The lowest BCUT2D eigenvalue weighted by atomic mass is 9.84. The van der Waals surface area contributed by atoms with Crippen LogP contribution in [0.15, 0.2) is 0 Å².